The predicted molar refractivity (Wildman–Crippen MR) is 114 cm³/mol. The molecule has 1 atom stereocenters. The second-order valence-electron chi connectivity index (χ2n) is 7.23. The van der Waals surface area contributed by atoms with E-state index in [1.54, 1.807) is 50.2 Å². The van der Waals surface area contributed by atoms with Gasteiger partial charge in [-0.1, -0.05) is 35.9 Å². The van der Waals surface area contributed by atoms with E-state index in [0.717, 1.165) is 10.6 Å². The van der Waals surface area contributed by atoms with Crippen LogP contribution in [0.3, 0.4) is 0 Å². The number of amides is 3. The summed E-state index contributed by atoms with van der Waals surface area (Å²) in [6.07, 6.45) is -0.109. The summed E-state index contributed by atoms with van der Waals surface area (Å²) in [5, 5.41) is 4.24. The highest BCUT2D eigenvalue weighted by Gasteiger charge is 2.36. The topological polar surface area (TPSA) is 105 Å². The van der Waals surface area contributed by atoms with Crippen LogP contribution < -0.4 is 10.7 Å². The Kier molecular flexibility index (Phi) is 6.91. The quantitative estimate of drug-likeness (QED) is 0.668. The Morgan fingerprint density at radius 1 is 1.13 bits per heavy atom. The Bertz CT molecular complexity index is 1040. The van der Waals surface area contributed by atoms with Crippen LogP contribution >= 0.6 is 11.6 Å². The molecule has 1 aliphatic rings. The number of hydrogen-bond acceptors (Lipinski definition) is 5. The van der Waals surface area contributed by atoms with Crippen molar-refractivity contribution < 1.29 is 23.9 Å². The predicted octanol–water partition coefficient (Wildman–Crippen LogP) is 2.63. The molecule has 0 radical (unpaired) electrons. The maximum atomic E-state index is 12.4. The molecule has 1 aliphatic heterocycles. The normalized spacial score (nSPS) is 15.5. The Labute approximate surface area is 184 Å². The van der Waals surface area contributed by atoms with Gasteiger partial charge >= 0.3 is 5.97 Å². The molecule has 0 spiro atoms. The van der Waals surface area contributed by atoms with Crippen LogP contribution in [0.25, 0.3) is 0 Å². The summed E-state index contributed by atoms with van der Waals surface area (Å²) >= 11 is 6.02. The van der Waals surface area contributed by atoms with Crippen molar-refractivity contribution in [3.63, 3.8) is 0 Å². The average Bonchev–Trinajstić information content (AvgIpc) is 3.10. The minimum absolute atomic E-state index is 0.0235. The van der Waals surface area contributed by atoms with Crippen molar-refractivity contribution in [2.75, 3.05) is 18.5 Å². The number of hydrogen-bond donors (Lipinski definition) is 2. The molecule has 1 fully saturated rings. The van der Waals surface area contributed by atoms with E-state index < -0.39 is 36.2 Å². The van der Waals surface area contributed by atoms with Gasteiger partial charge in [-0.3, -0.25) is 29.6 Å². The average molecular weight is 444 g/mol. The van der Waals surface area contributed by atoms with Gasteiger partial charge in [-0.25, -0.2) is 0 Å². The number of esters is 1. The first-order chi connectivity index (χ1) is 14.8. The lowest BCUT2D eigenvalue weighted by atomic mass is 10.1. The monoisotopic (exact) mass is 443 g/mol. The van der Waals surface area contributed by atoms with Crippen LogP contribution in [-0.4, -0.2) is 41.9 Å². The molecule has 8 nitrogen and oxygen atoms in total. The Morgan fingerprint density at radius 3 is 2.61 bits per heavy atom. The molecule has 9 heteroatoms. The summed E-state index contributed by atoms with van der Waals surface area (Å²) in [7, 11) is 0. The van der Waals surface area contributed by atoms with E-state index in [1.807, 2.05) is 6.07 Å². The lowest BCUT2D eigenvalue weighted by Crippen LogP contribution is -2.43. The molecule has 2 aromatic carbocycles. The van der Waals surface area contributed by atoms with Crippen LogP contribution in [0, 0.1) is 19.8 Å². The standard InChI is InChI=1S/C22H22ClN3O5/c1-13-6-3-4-7-16(13)21(29)25-26-11-15(10-20(26)28)22(30)31-12-19(27)24-18-9-5-8-17(23)14(18)2/h3-9,15H,10-12H2,1-2H3,(H,24,27)(H,25,29)/t15-/m0/s1. The molecule has 0 aromatic heterocycles. The molecule has 3 amide bonds. The zero-order chi connectivity index (χ0) is 22.5. The Hall–Kier alpha value is -3.39. The molecule has 1 saturated heterocycles. The maximum Gasteiger partial charge on any atom is 0.311 e. The van der Waals surface area contributed by atoms with E-state index in [-0.39, 0.29) is 13.0 Å². The molecule has 31 heavy (non-hydrogen) atoms. The lowest BCUT2D eigenvalue weighted by Gasteiger charge is -2.18. The van der Waals surface area contributed by atoms with Gasteiger partial charge in [-0.05, 0) is 43.2 Å². The number of benzene rings is 2. The van der Waals surface area contributed by atoms with Crippen LogP contribution in [0.1, 0.15) is 27.9 Å². The first-order valence-corrected chi connectivity index (χ1v) is 10.0. The third kappa shape index (κ3) is 5.40. The van der Waals surface area contributed by atoms with Crippen LogP contribution in [0.15, 0.2) is 42.5 Å². The van der Waals surface area contributed by atoms with E-state index in [2.05, 4.69) is 10.7 Å². The van der Waals surface area contributed by atoms with Crippen molar-refractivity contribution in [3.8, 4) is 0 Å². The zero-order valence-electron chi connectivity index (χ0n) is 17.1. The second-order valence-corrected chi connectivity index (χ2v) is 7.64. The number of aryl methyl sites for hydroxylation is 1. The second kappa shape index (κ2) is 9.61. The van der Waals surface area contributed by atoms with Gasteiger partial charge in [0.05, 0.1) is 12.5 Å². The number of halogens is 1. The van der Waals surface area contributed by atoms with Gasteiger partial charge in [-0.2, -0.15) is 0 Å². The molecular weight excluding hydrogens is 422 g/mol. The van der Waals surface area contributed by atoms with Crippen LogP contribution in [0.2, 0.25) is 5.02 Å². The molecule has 0 aliphatic carbocycles. The van der Waals surface area contributed by atoms with Crippen molar-refractivity contribution in [1.82, 2.24) is 10.4 Å². The number of carbonyl (C=O) groups excluding carboxylic acids is 4. The Morgan fingerprint density at radius 2 is 1.87 bits per heavy atom. The lowest BCUT2D eigenvalue weighted by molar-refractivity contribution is -0.151. The highest BCUT2D eigenvalue weighted by Crippen LogP contribution is 2.23. The van der Waals surface area contributed by atoms with Crippen molar-refractivity contribution >= 4 is 41.0 Å². The van der Waals surface area contributed by atoms with E-state index in [4.69, 9.17) is 16.3 Å². The number of nitrogens with zero attached hydrogens (tertiary/aromatic N) is 1. The number of rotatable bonds is 6. The number of anilines is 1. The first-order valence-electron chi connectivity index (χ1n) is 9.65. The molecule has 1 heterocycles. The molecule has 3 rings (SSSR count). The Balaban J connectivity index is 1.51. The third-order valence-electron chi connectivity index (χ3n) is 4.97. The minimum atomic E-state index is -0.773. The van der Waals surface area contributed by atoms with Gasteiger partial charge < -0.3 is 10.1 Å². The summed E-state index contributed by atoms with van der Waals surface area (Å²) in [5.74, 6) is -2.81. The van der Waals surface area contributed by atoms with Crippen LogP contribution in [0.4, 0.5) is 5.69 Å². The van der Waals surface area contributed by atoms with Gasteiger partial charge in [0.25, 0.3) is 11.8 Å². The fourth-order valence-electron chi connectivity index (χ4n) is 3.17. The third-order valence-corrected chi connectivity index (χ3v) is 5.38. The highest BCUT2D eigenvalue weighted by atomic mass is 35.5. The van der Waals surface area contributed by atoms with Gasteiger partial charge in [-0.15, -0.1) is 0 Å². The summed E-state index contributed by atoms with van der Waals surface area (Å²) < 4.78 is 5.06. The zero-order valence-corrected chi connectivity index (χ0v) is 17.9. The van der Waals surface area contributed by atoms with Gasteiger partial charge in [0.15, 0.2) is 6.61 Å². The number of hydrazine groups is 1. The number of carbonyl (C=O) groups is 4. The fraction of sp³-hybridized carbons (Fsp3) is 0.273. The molecular formula is C22H22ClN3O5. The van der Waals surface area contributed by atoms with Gasteiger partial charge in [0, 0.05) is 22.7 Å². The highest BCUT2D eigenvalue weighted by molar-refractivity contribution is 6.31. The van der Waals surface area contributed by atoms with Crippen molar-refractivity contribution in [2.45, 2.75) is 20.3 Å². The SMILES string of the molecule is Cc1ccccc1C(=O)NN1C[C@@H](C(=O)OCC(=O)Nc2cccc(Cl)c2C)CC1=O. The number of ether oxygens (including phenoxy) is 1. The van der Waals surface area contributed by atoms with E-state index >= 15 is 0 Å². The summed E-state index contributed by atoms with van der Waals surface area (Å²) in [6.45, 7) is 3.03. The molecule has 0 bridgehead atoms. The van der Waals surface area contributed by atoms with Gasteiger partial charge in [0.1, 0.15) is 0 Å². The largest absolute Gasteiger partial charge is 0.455 e. The van der Waals surface area contributed by atoms with E-state index in [0.29, 0.717) is 21.8 Å². The maximum absolute atomic E-state index is 12.4. The van der Waals surface area contributed by atoms with Crippen molar-refractivity contribution in [3.05, 3.63) is 64.2 Å². The molecule has 162 valence electrons. The smallest absolute Gasteiger partial charge is 0.311 e. The minimum Gasteiger partial charge on any atom is -0.455 e. The molecule has 2 aromatic rings. The van der Waals surface area contributed by atoms with Crippen LogP contribution in [-0.2, 0) is 19.1 Å². The summed E-state index contributed by atoms with van der Waals surface area (Å²) in [5.41, 5.74) is 4.95. The fourth-order valence-corrected chi connectivity index (χ4v) is 3.34. The molecule has 0 unspecified atom stereocenters. The summed E-state index contributed by atoms with van der Waals surface area (Å²) in [6, 6.07) is 12.1. The van der Waals surface area contributed by atoms with E-state index in [1.165, 1.54) is 0 Å². The van der Waals surface area contributed by atoms with Crippen LogP contribution in [0.5, 0.6) is 0 Å². The van der Waals surface area contributed by atoms with Gasteiger partial charge in [0.2, 0.25) is 5.91 Å². The van der Waals surface area contributed by atoms with Crippen molar-refractivity contribution in [1.29, 1.82) is 0 Å². The molecule has 2 N–H and O–H groups in total. The first kappa shape index (κ1) is 22.3. The van der Waals surface area contributed by atoms with E-state index in [9.17, 15) is 19.2 Å². The van der Waals surface area contributed by atoms with Crippen molar-refractivity contribution in [2.24, 2.45) is 5.92 Å². The number of nitrogens with one attached hydrogen (secondary N) is 2. The summed E-state index contributed by atoms with van der Waals surface area (Å²) in [4.78, 5) is 49.0. The molecule has 0 saturated carbocycles.